The number of pyridine rings is 1. The second-order valence-corrected chi connectivity index (χ2v) is 9.64. The Bertz CT molecular complexity index is 1510. The van der Waals surface area contributed by atoms with Crippen LogP contribution in [-0.2, 0) is 27.9 Å². The van der Waals surface area contributed by atoms with Gasteiger partial charge in [0.05, 0.1) is 11.9 Å². The normalized spacial score (nSPS) is 11.3. The Hall–Kier alpha value is -4.32. The minimum atomic E-state index is -3.61. The average Bonchev–Trinajstić information content (AvgIpc) is 3.18. The standard InChI is InChI=1S/C17H19N7O4S.C6H4/c1-12-7-8-14(20-29(2,27)28)17(26)23(12)10-16(25)18-9-13-5-3-4-6-15(13)24-11-19-21-22-24;1-2-5-4-6(5)3-1/h3-8,11,20H,9-10H2,1-2H3,(H,18,25);1-4H. The molecule has 0 aliphatic heterocycles. The summed E-state index contributed by atoms with van der Waals surface area (Å²) in [6.45, 7) is 1.60. The van der Waals surface area contributed by atoms with E-state index in [2.05, 4.69) is 49.8 Å². The molecule has 3 aromatic rings. The van der Waals surface area contributed by atoms with Gasteiger partial charge in [0.25, 0.3) is 5.56 Å². The molecule has 0 saturated heterocycles. The number of hydrogen-bond acceptors (Lipinski definition) is 7. The molecule has 2 aliphatic carbocycles. The van der Waals surface area contributed by atoms with Crippen molar-refractivity contribution in [1.29, 1.82) is 0 Å². The SMILES string of the molecule is Cc1ccc(NS(C)(=O)=O)c(=O)n1CC(=O)NCc1ccccc1-n1cnnn1.c1cc2cc-2c1. The summed E-state index contributed by atoms with van der Waals surface area (Å²) >= 11 is 0. The largest absolute Gasteiger partial charge is 0.350 e. The van der Waals surface area contributed by atoms with Crippen molar-refractivity contribution in [2.24, 2.45) is 0 Å². The maximum absolute atomic E-state index is 12.5. The maximum atomic E-state index is 12.5. The predicted octanol–water partition coefficient (Wildman–Crippen LogP) is 1.49. The number of nitrogens with one attached hydrogen (secondary N) is 2. The zero-order chi connectivity index (χ0) is 25.0. The lowest BCUT2D eigenvalue weighted by molar-refractivity contribution is -0.121. The minimum Gasteiger partial charge on any atom is -0.350 e. The molecular weight excluding hydrogens is 470 g/mol. The lowest BCUT2D eigenvalue weighted by atomic mass is 10.2. The molecule has 2 heterocycles. The number of para-hydroxylation sites is 1. The Balaban J connectivity index is 0.000000411. The molecule has 35 heavy (non-hydrogen) atoms. The first-order valence-corrected chi connectivity index (χ1v) is 12.5. The zero-order valence-electron chi connectivity index (χ0n) is 19.0. The molecule has 0 spiro atoms. The molecule has 0 fully saturated rings. The molecule has 5 rings (SSSR count). The Morgan fingerprint density at radius 2 is 1.77 bits per heavy atom. The molecule has 180 valence electrons. The number of aryl methyl sites for hydroxylation is 1. The lowest BCUT2D eigenvalue weighted by Gasteiger charge is -2.13. The molecule has 2 N–H and O–H groups in total. The number of rotatable bonds is 7. The number of carbonyl (C=O) groups excluding carboxylic acids is 1. The van der Waals surface area contributed by atoms with Crippen LogP contribution in [0, 0.1) is 6.92 Å². The highest BCUT2D eigenvalue weighted by Gasteiger charge is 2.14. The van der Waals surface area contributed by atoms with Gasteiger partial charge in [-0.1, -0.05) is 36.4 Å². The van der Waals surface area contributed by atoms with Crippen LogP contribution in [0.4, 0.5) is 5.69 Å². The summed E-state index contributed by atoms with van der Waals surface area (Å²) in [5.74, 6) is -0.404. The van der Waals surface area contributed by atoms with Gasteiger partial charge in [-0.15, -0.1) is 5.10 Å². The van der Waals surface area contributed by atoms with E-state index in [0.717, 1.165) is 11.8 Å². The predicted molar refractivity (Wildman–Crippen MR) is 130 cm³/mol. The molecule has 11 nitrogen and oxygen atoms in total. The molecule has 0 unspecified atom stereocenters. The van der Waals surface area contributed by atoms with Crippen molar-refractivity contribution in [1.82, 2.24) is 30.1 Å². The third kappa shape index (κ3) is 6.18. The van der Waals surface area contributed by atoms with Crippen LogP contribution in [0.5, 0.6) is 0 Å². The summed E-state index contributed by atoms with van der Waals surface area (Å²) < 4.78 is 27.7. The number of carbonyl (C=O) groups is 1. The average molecular weight is 494 g/mol. The van der Waals surface area contributed by atoms with E-state index in [0.29, 0.717) is 11.4 Å². The molecule has 0 atom stereocenters. The van der Waals surface area contributed by atoms with Gasteiger partial charge in [0, 0.05) is 12.2 Å². The summed E-state index contributed by atoms with van der Waals surface area (Å²) in [5.41, 5.74) is 4.16. The molecule has 12 heteroatoms. The zero-order valence-corrected chi connectivity index (χ0v) is 19.9. The Kier molecular flexibility index (Phi) is 6.73. The number of sulfonamides is 1. The minimum absolute atomic E-state index is 0.116. The first-order chi connectivity index (χ1) is 16.7. The van der Waals surface area contributed by atoms with Crippen LogP contribution in [0.2, 0.25) is 0 Å². The maximum Gasteiger partial charge on any atom is 0.275 e. The highest BCUT2D eigenvalue weighted by atomic mass is 32.2. The van der Waals surface area contributed by atoms with Crippen molar-refractivity contribution in [3.8, 4) is 16.8 Å². The fraction of sp³-hybridized carbons (Fsp3) is 0.174. The summed E-state index contributed by atoms with van der Waals surface area (Å²) in [5, 5.41) is 13.8. The first-order valence-electron chi connectivity index (χ1n) is 10.6. The van der Waals surface area contributed by atoms with E-state index in [9.17, 15) is 18.0 Å². The fourth-order valence-electron chi connectivity index (χ4n) is 3.37. The number of amides is 1. The van der Waals surface area contributed by atoms with Crippen LogP contribution in [0.3, 0.4) is 0 Å². The van der Waals surface area contributed by atoms with Crippen molar-refractivity contribution in [3.05, 3.63) is 88.6 Å². The van der Waals surface area contributed by atoms with Gasteiger partial charge in [-0.3, -0.25) is 14.3 Å². The lowest BCUT2D eigenvalue weighted by Crippen LogP contribution is -2.34. The number of aromatic nitrogens is 5. The third-order valence-electron chi connectivity index (χ3n) is 5.17. The van der Waals surface area contributed by atoms with Crippen molar-refractivity contribution in [2.75, 3.05) is 11.0 Å². The van der Waals surface area contributed by atoms with Gasteiger partial charge in [0.1, 0.15) is 18.6 Å². The highest BCUT2D eigenvalue weighted by molar-refractivity contribution is 7.92. The summed E-state index contributed by atoms with van der Waals surface area (Å²) in [7, 11) is -3.61. The van der Waals surface area contributed by atoms with Crippen molar-refractivity contribution < 1.29 is 13.2 Å². The van der Waals surface area contributed by atoms with Crippen LogP contribution < -0.4 is 15.6 Å². The van der Waals surface area contributed by atoms with Gasteiger partial charge in [-0.2, -0.15) is 0 Å². The van der Waals surface area contributed by atoms with Crippen molar-refractivity contribution in [3.63, 3.8) is 0 Å². The van der Waals surface area contributed by atoms with Gasteiger partial charge in [-0.25, -0.2) is 13.1 Å². The highest BCUT2D eigenvalue weighted by Crippen LogP contribution is 2.32. The molecule has 2 aromatic heterocycles. The van der Waals surface area contributed by atoms with Gasteiger partial charge >= 0.3 is 0 Å². The Labute approximate surface area is 201 Å². The van der Waals surface area contributed by atoms with E-state index in [1.54, 1.807) is 13.0 Å². The van der Waals surface area contributed by atoms with Crippen LogP contribution in [0.1, 0.15) is 11.3 Å². The topological polar surface area (TPSA) is 141 Å². The summed E-state index contributed by atoms with van der Waals surface area (Å²) in [6, 6.07) is 18.7. The third-order valence-corrected chi connectivity index (χ3v) is 5.76. The van der Waals surface area contributed by atoms with Crippen molar-refractivity contribution >= 4 is 21.6 Å². The molecule has 1 amide bonds. The van der Waals surface area contributed by atoms with E-state index < -0.39 is 21.5 Å². The van der Waals surface area contributed by atoms with E-state index in [4.69, 9.17) is 0 Å². The second kappa shape index (κ2) is 9.89. The number of anilines is 1. The van der Waals surface area contributed by atoms with E-state index in [1.807, 2.05) is 24.3 Å². The van der Waals surface area contributed by atoms with Crippen LogP contribution in [0.15, 0.2) is 71.8 Å². The van der Waals surface area contributed by atoms with E-state index in [-0.39, 0.29) is 18.8 Å². The van der Waals surface area contributed by atoms with E-state index >= 15 is 0 Å². The van der Waals surface area contributed by atoms with E-state index in [1.165, 1.54) is 32.8 Å². The van der Waals surface area contributed by atoms with Gasteiger partial charge in [0.2, 0.25) is 15.9 Å². The second-order valence-electron chi connectivity index (χ2n) is 7.89. The monoisotopic (exact) mass is 493 g/mol. The van der Waals surface area contributed by atoms with Crippen LogP contribution in [0.25, 0.3) is 16.8 Å². The van der Waals surface area contributed by atoms with Crippen LogP contribution in [-0.4, -0.2) is 45.4 Å². The number of benzene rings is 2. The summed E-state index contributed by atoms with van der Waals surface area (Å²) in [4.78, 5) is 24.9. The number of fused-ring (bicyclic) bond motifs is 1. The van der Waals surface area contributed by atoms with Crippen LogP contribution >= 0.6 is 0 Å². The fourth-order valence-corrected chi connectivity index (χ4v) is 3.92. The summed E-state index contributed by atoms with van der Waals surface area (Å²) in [6.07, 6.45) is 2.40. The smallest absolute Gasteiger partial charge is 0.275 e. The van der Waals surface area contributed by atoms with Gasteiger partial charge in [0.15, 0.2) is 0 Å². The first kappa shape index (κ1) is 23.8. The number of hydrogen-bond donors (Lipinski definition) is 2. The molecule has 0 saturated carbocycles. The number of tetrazole rings is 1. The molecule has 0 radical (unpaired) electrons. The number of nitrogens with zero attached hydrogens (tertiary/aromatic N) is 5. The quantitative estimate of drug-likeness (QED) is 0.350. The Morgan fingerprint density at radius 1 is 1.03 bits per heavy atom. The molecular formula is C23H23N7O4S. The van der Waals surface area contributed by atoms with Gasteiger partial charge < -0.3 is 9.88 Å². The van der Waals surface area contributed by atoms with Gasteiger partial charge in [-0.05, 0) is 58.3 Å². The van der Waals surface area contributed by atoms with Crippen molar-refractivity contribution in [2.45, 2.75) is 20.0 Å². The molecule has 1 aromatic carbocycles. The Morgan fingerprint density at radius 3 is 2.37 bits per heavy atom. The molecule has 0 bridgehead atoms. The molecule has 2 aliphatic rings.